The number of carbonyl (C=O) groups is 2. The molecule has 1 aromatic rings. The van der Waals surface area contributed by atoms with Crippen LogP contribution in [-0.2, 0) is 15.8 Å². The van der Waals surface area contributed by atoms with E-state index in [0.717, 1.165) is 12.1 Å². The Morgan fingerprint density at radius 2 is 1.91 bits per heavy atom. The highest BCUT2D eigenvalue weighted by Gasteiger charge is 2.32. The molecule has 0 aliphatic rings. The first kappa shape index (κ1) is 17.9. The van der Waals surface area contributed by atoms with Gasteiger partial charge in [0.15, 0.2) is 0 Å². The zero-order valence-electron chi connectivity index (χ0n) is 11.8. The van der Waals surface area contributed by atoms with Crippen molar-refractivity contribution < 1.29 is 32.7 Å². The molecule has 0 aliphatic heterocycles. The van der Waals surface area contributed by atoms with Crippen molar-refractivity contribution in [3.05, 3.63) is 35.4 Å². The molecule has 2 atom stereocenters. The van der Waals surface area contributed by atoms with E-state index in [2.05, 4.69) is 0 Å². The third-order valence-corrected chi connectivity index (χ3v) is 3.04. The number of carbonyl (C=O) groups excluding carboxylic acids is 1. The minimum Gasteiger partial charge on any atom is -0.465 e. The highest BCUT2D eigenvalue weighted by molar-refractivity contribution is 5.72. The SMILES string of the molecule is CON(C)C(c1ccc(C(F)(F)F)cc1)C(C=O)NC(=O)O. The summed E-state index contributed by atoms with van der Waals surface area (Å²) in [5.41, 5.74) is -0.549. The van der Waals surface area contributed by atoms with E-state index in [1.807, 2.05) is 5.32 Å². The predicted molar refractivity (Wildman–Crippen MR) is 70.0 cm³/mol. The molecule has 0 saturated carbocycles. The van der Waals surface area contributed by atoms with Gasteiger partial charge in [-0.2, -0.15) is 18.2 Å². The highest BCUT2D eigenvalue weighted by atomic mass is 19.4. The zero-order valence-corrected chi connectivity index (χ0v) is 11.8. The second-order valence-electron chi connectivity index (χ2n) is 4.40. The molecule has 1 aromatic carbocycles. The average Bonchev–Trinajstić information content (AvgIpc) is 2.45. The fourth-order valence-corrected chi connectivity index (χ4v) is 1.96. The number of hydroxylamine groups is 2. The van der Waals surface area contributed by atoms with E-state index in [1.165, 1.54) is 31.4 Å². The van der Waals surface area contributed by atoms with Gasteiger partial charge in [0.05, 0.1) is 18.7 Å². The number of carboxylic acid groups (broad SMARTS) is 1. The first-order valence-corrected chi connectivity index (χ1v) is 6.09. The van der Waals surface area contributed by atoms with Crippen molar-refractivity contribution in [2.75, 3.05) is 14.2 Å². The Bertz CT molecular complexity index is 519. The van der Waals surface area contributed by atoms with Crippen LogP contribution in [-0.4, -0.2) is 42.7 Å². The third-order valence-electron chi connectivity index (χ3n) is 3.04. The van der Waals surface area contributed by atoms with Crippen molar-refractivity contribution in [2.24, 2.45) is 0 Å². The van der Waals surface area contributed by atoms with Gasteiger partial charge in [0.1, 0.15) is 12.3 Å². The van der Waals surface area contributed by atoms with Crippen molar-refractivity contribution in [2.45, 2.75) is 18.3 Å². The molecule has 22 heavy (non-hydrogen) atoms. The van der Waals surface area contributed by atoms with Crippen molar-refractivity contribution in [3.63, 3.8) is 0 Å². The van der Waals surface area contributed by atoms with E-state index in [0.29, 0.717) is 11.8 Å². The summed E-state index contributed by atoms with van der Waals surface area (Å²) in [5.74, 6) is 0. The maximum absolute atomic E-state index is 12.6. The summed E-state index contributed by atoms with van der Waals surface area (Å²) in [5, 5.41) is 11.9. The van der Waals surface area contributed by atoms with E-state index in [9.17, 15) is 22.8 Å². The molecular formula is C13H15F3N2O4. The Kier molecular flexibility index (Phi) is 5.89. The molecule has 0 spiro atoms. The summed E-state index contributed by atoms with van der Waals surface area (Å²) in [6.45, 7) is 0. The summed E-state index contributed by atoms with van der Waals surface area (Å²) in [7, 11) is 2.72. The number of benzene rings is 1. The van der Waals surface area contributed by atoms with Gasteiger partial charge in [0, 0.05) is 7.05 Å². The minimum absolute atomic E-state index is 0.295. The number of hydrogen-bond donors (Lipinski definition) is 2. The van der Waals surface area contributed by atoms with Gasteiger partial charge in [0.2, 0.25) is 0 Å². The van der Waals surface area contributed by atoms with Gasteiger partial charge in [-0.15, -0.1) is 0 Å². The molecule has 6 nitrogen and oxygen atoms in total. The molecule has 0 heterocycles. The van der Waals surface area contributed by atoms with E-state index in [1.54, 1.807) is 0 Å². The maximum atomic E-state index is 12.6. The molecule has 0 fully saturated rings. The summed E-state index contributed by atoms with van der Waals surface area (Å²) in [4.78, 5) is 26.8. The van der Waals surface area contributed by atoms with Crippen molar-refractivity contribution in [3.8, 4) is 0 Å². The van der Waals surface area contributed by atoms with Gasteiger partial charge in [-0.3, -0.25) is 0 Å². The van der Waals surface area contributed by atoms with Gasteiger partial charge in [-0.25, -0.2) is 4.79 Å². The molecule has 122 valence electrons. The van der Waals surface area contributed by atoms with Crippen molar-refractivity contribution >= 4 is 12.4 Å². The van der Waals surface area contributed by atoms with Crippen LogP contribution in [0, 0.1) is 0 Å². The van der Waals surface area contributed by atoms with Crippen LogP contribution in [0.3, 0.4) is 0 Å². The number of nitrogens with zero attached hydrogens (tertiary/aromatic N) is 1. The van der Waals surface area contributed by atoms with Gasteiger partial charge in [-0.1, -0.05) is 12.1 Å². The largest absolute Gasteiger partial charge is 0.465 e. The van der Waals surface area contributed by atoms with Crippen LogP contribution in [0.1, 0.15) is 17.2 Å². The smallest absolute Gasteiger partial charge is 0.416 e. The van der Waals surface area contributed by atoms with Crippen LogP contribution in [0.5, 0.6) is 0 Å². The first-order valence-electron chi connectivity index (χ1n) is 6.09. The Morgan fingerprint density at radius 1 is 1.36 bits per heavy atom. The molecule has 9 heteroatoms. The summed E-state index contributed by atoms with van der Waals surface area (Å²) >= 11 is 0. The standard InChI is InChI=1S/C13H15F3N2O4/c1-18(22-2)11(10(7-19)17-12(20)21)8-3-5-9(6-4-8)13(14,15)16/h3-7,10-11,17H,1-2H3,(H,20,21). The quantitative estimate of drug-likeness (QED) is 0.620. The maximum Gasteiger partial charge on any atom is 0.416 e. The van der Waals surface area contributed by atoms with E-state index in [-0.39, 0.29) is 0 Å². The van der Waals surface area contributed by atoms with Crippen LogP contribution in [0.4, 0.5) is 18.0 Å². The lowest BCUT2D eigenvalue weighted by atomic mass is 9.98. The fraction of sp³-hybridized carbons (Fsp3) is 0.385. The Morgan fingerprint density at radius 3 is 2.27 bits per heavy atom. The average molecular weight is 320 g/mol. The number of rotatable bonds is 6. The van der Waals surface area contributed by atoms with Crippen LogP contribution in [0.15, 0.2) is 24.3 Å². The summed E-state index contributed by atoms with van der Waals surface area (Å²) in [6.07, 6.45) is -5.56. The van der Waals surface area contributed by atoms with Gasteiger partial charge < -0.3 is 20.1 Å². The Balaban J connectivity index is 3.16. The summed E-state index contributed by atoms with van der Waals surface area (Å²) in [6, 6.07) is 1.93. The van der Waals surface area contributed by atoms with Crippen LogP contribution >= 0.6 is 0 Å². The zero-order chi connectivity index (χ0) is 16.9. The second-order valence-corrected chi connectivity index (χ2v) is 4.40. The van der Waals surface area contributed by atoms with E-state index < -0.39 is 29.9 Å². The number of nitrogens with one attached hydrogen (secondary N) is 1. The molecular weight excluding hydrogens is 305 g/mol. The lowest BCUT2D eigenvalue weighted by Gasteiger charge is -2.30. The topological polar surface area (TPSA) is 78.9 Å². The monoisotopic (exact) mass is 320 g/mol. The lowest BCUT2D eigenvalue weighted by molar-refractivity contribution is -0.152. The molecule has 0 bridgehead atoms. The number of hydrogen-bond acceptors (Lipinski definition) is 4. The lowest BCUT2D eigenvalue weighted by Crippen LogP contribution is -2.45. The number of amides is 1. The number of aldehydes is 1. The van der Waals surface area contributed by atoms with E-state index >= 15 is 0 Å². The van der Waals surface area contributed by atoms with Gasteiger partial charge in [-0.05, 0) is 17.7 Å². The van der Waals surface area contributed by atoms with Crippen LogP contribution < -0.4 is 5.32 Å². The molecule has 1 amide bonds. The summed E-state index contributed by atoms with van der Waals surface area (Å²) < 4.78 is 37.7. The third kappa shape index (κ3) is 4.43. The fourth-order valence-electron chi connectivity index (χ4n) is 1.96. The Hall–Kier alpha value is -2.13. The number of alkyl halides is 3. The highest BCUT2D eigenvalue weighted by Crippen LogP contribution is 2.31. The van der Waals surface area contributed by atoms with E-state index in [4.69, 9.17) is 9.94 Å². The van der Waals surface area contributed by atoms with Crippen molar-refractivity contribution in [1.29, 1.82) is 0 Å². The second kappa shape index (κ2) is 7.23. The van der Waals surface area contributed by atoms with Gasteiger partial charge in [0.25, 0.3) is 0 Å². The molecule has 0 radical (unpaired) electrons. The Labute approximate surface area is 124 Å². The van der Waals surface area contributed by atoms with Crippen molar-refractivity contribution in [1.82, 2.24) is 10.4 Å². The minimum atomic E-state index is -4.48. The molecule has 0 saturated heterocycles. The first-order chi connectivity index (χ1) is 10.2. The predicted octanol–water partition coefficient (Wildman–Crippen LogP) is 2.07. The molecule has 0 aliphatic carbocycles. The van der Waals surface area contributed by atoms with Crippen LogP contribution in [0.25, 0.3) is 0 Å². The van der Waals surface area contributed by atoms with Gasteiger partial charge >= 0.3 is 12.3 Å². The number of likely N-dealkylation sites (N-methyl/N-ethyl adjacent to an activating group) is 1. The number of halogens is 3. The normalized spacial score (nSPS) is 14.5. The molecule has 2 unspecified atom stereocenters. The molecule has 2 N–H and O–H groups in total. The molecule has 0 aromatic heterocycles. The van der Waals surface area contributed by atoms with Crippen LogP contribution in [0.2, 0.25) is 0 Å². The molecule has 1 rings (SSSR count).